The Morgan fingerprint density at radius 1 is 0.967 bits per heavy atom. The summed E-state index contributed by atoms with van der Waals surface area (Å²) in [5, 5.41) is 8.23. The van der Waals surface area contributed by atoms with Crippen molar-refractivity contribution in [1.29, 1.82) is 0 Å². The molecule has 1 aliphatic rings. The molecular formula is C22H23ClN4O3. The number of hydrogen-bond donors (Lipinski definition) is 1. The first-order valence-corrected chi connectivity index (χ1v) is 10.0. The molecule has 3 aromatic rings. The first-order valence-electron chi connectivity index (χ1n) is 9.66. The van der Waals surface area contributed by atoms with Gasteiger partial charge in [-0.2, -0.15) is 5.10 Å². The molecule has 2 aromatic carbocycles. The zero-order valence-electron chi connectivity index (χ0n) is 16.9. The first kappa shape index (κ1) is 20.1. The third-order valence-corrected chi connectivity index (χ3v) is 5.49. The van der Waals surface area contributed by atoms with Crippen molar-refractivity contribution in [3.8, 4) is 22.8 Å². The second-order valence-electron chi connectivity index (χ2n) is 7.00. The van der Waals surface area contributed by atoms with Gasteiger partial charge in [0.2, 0.25) is 0 Å². The van der Waals surface area contributed by atoms with Crippen molar-refractivity contribution in [2.45, 2.75) is 0 Å². The van der Waals surface area contributed by atoms with E-state index in [1.54, 1.807) is 32.4 Å². The lowest BCUT2D eigenvalue weighted by Crippen LogP contribution is -2.48. The van der Waals surface area contributed by atoms with Crippen LogP contribution in [0.1, 0.15) is 10.4 Å². The summed E-state index contributed by atoms with van der Waals surface area (Å²) in [4.78, 5) is 16.9. The standard InChI is InChI=1S/C22H23ClN4O3/c1-29-19-8-5-16(13-20(19)30-2)22(28)27-11-9-26(10-12-27)21-14-18(24-25-21)15-3-6-17(23)7-4-15/h3-8,13-14H,9-12H2,1-2H3,(H,24,25). The van der Waals surface area contributed by atoms with Crippen LogP contribution < -0.4 is 14.4 Å². The Labute approximate surface area is 180 Å². The van der Waals surface area contributed by atoms with Gasteiger partial charge in [0.25, 0.3) is 5.91 Å². The van der Waals surface area contributed by atoms with Gasteiger partial charge in [0.05, 0.1) is 19.9 Å². The van der Waals surface area contributed by atoms with Crippen LogP contribution in [0.2, 0.25) is 5.02 Å². The van der Waals surface area contributed by atoms with Gasteiger partial charge in [0.15, 0.2) is 17.3 Å². The second-order valence-corrected chi connectivity index (χ2v) is 7.43. The fourth-order valence-corrected chi connectivity index (χ4v) is 3.67. The molecule has 1 amide bonds. The molecule has 0 saturated carbocycles. The molecule has 0 spiro atoms. The van der Waals surface area contributed by atoms with Crippen molar-refractivity contribution < 1.29 is 14.3 Å². The van der Waals surface area contributed by atoms with Gasteiger partial charge < -0.3 is 19.3 Å². The summed E-state index contributed by atoms with van der Waals surface area (Å²) in [6.07, 6.45) is 0. The van der Waals surface area contributed by atoms with Crippen LogP contribution in [-0.4, -0.2) is 61.4 Å². The number of amides is 1. The third-order valence-electron chi connectivity index (χ3n) is 5.24. The third kappa shape index (κ3) is 4.07. The summed E-state index contributed by atoms with van der Waals surface area (Å²) < 4.78 is 10.6. The summed E-state index contributed by atoms with van der Waals surface area (Å²) >= 11 is 5.96. The van der Waals surface area contributed by atoms with E-state index < -0.39 is 0 Å². The lowest BCUT2D eigenvalue weighted by atomic mass is 10.1. The number of ether oxygens (including phenoxy) is 2. The van der Waals surface area contributed by atoms with Gasteiger partial charge in [0.1, 0.15) is 0 Å². The molecule has 156 valence electrons. The minimum Gasteiger partial charge on any atom is -0.493 e. The Morgan fingerprint density at radius 2 is 1.67 bits per heavy atom. The summed E-state index contributed by atoms with van der Waals surface area (Å²) in [6, 6.07) is 14.9. The zero-order valence-corrected chi connectivity index (χ0v) is 17.6. The lowest BCUT2D eigenvalue weighted by molar-refractivity contribution is 0.0746. The Morgan fingerprint density at radius 3 is 2.33 bits per heavy atom. The average Bonchev–Trinajstić information content (AvgIpc) is 3.29. The number of H-pyrrole nitrogens is 1. The van der Waals surface area contributed by atoms with Crippen LogP contribution in [0.15, 0.2) is 48.5 Å². The number of anilines is 1. The Kier molecular flexibility index (Phi) is 5.81. The van der Waals surface area contributed by atoms with Crippen molar-refractivity contribution in [3.05, 3.63) is 59.1 Å². The van der Waals surface area contributed by atoms with Crippen molar-refractivity contribution in [3.63, 3.8) is 0 Å². The van der Waals surface area contributed by atoms with Crippen LogP contribution >= 0.6 is 11.6 Å². The number of rotatable bonds is 5. The zero-order chi connectivity index (χ0) is 21.1. The maximum atomic E-state index is 12.9. The van der Waals surface area contributed by atoms with Crippen molar-refractivity contribution in [1.82, 2.24) is 15.1 Å². The highest BCUT2D eigenvalue weighted by molar-refractivity contribution is 6.30. The van der Waals surface area contributed by atoms with Gasteiger partial charge in [-0.3, -0.25) is 9.89 Å². The Bertz CT molecular complexity index is 1030. The number of halogens is 1. The number of nitrogens with zero attached hydrogens (tertiary/aromatic N) is 3. The molecule has 1 saturated heterocycles. The van der Waals surface area contributed by atoms with Crippen LogP contribution in [0.4, 0.5) is 5.82 Å². The number of hydrogen-bond acceptors (Lipinski definition) is 5. The van der Waals surface area contributed by atoms with E-state index >= 15 is 0 Å². The molecule has 8 heteroatoms. The van der Waals surface area contributed by atoms with Gasteiger partial charge in [-0.1, -0.05) is 23.7 Å². The molecule has 0 aliphatic carbocycles. The summed E-state index contributed by atoms with van der Waals surface area (Å²) in [7, 11) is 3.14. The van der Waals surface area contributed by atoms with E-state index in [0.717, 1.165) is 17.1 Å². The number of benzene rings is 2. The predicted molar refractivity (Wildman–Crippen MR) is 117 cm³/mol. The number of nitrogens with one attached hydrogen (secondary N) is 1. The van der Waals surface area contributed by atoms with Gasteiger partial charge >= 0.3 is 0 Å². The first-order chi connectivity index (χ1) is 14.6. The van der Waals surface area contributed by atoms with Crippen LogP contribution in [0.25, 0.3) is 11.3 Å². The summed E-state index contributed by atoms with van der Waals surface area (Å²) in [5.74, 6) is 2.01. The monoisotopic (exact) mass is 426 g/mol. The number of methoxy groups -OCH3 is 2. The van der Waals surface area contributed by atoms with Crippen molar-refractivity contribution >= 4 is 23.3 Å². The highest BCUT2D eigenvalue weighted by Crippen LogP contribution is 2.28. The fourth-order valence-electron chi connectivity index (χ4n) is 3.54. The van der Waals surface area contributed by atoms with E-state index in [2.05, 4.69) is 15.1 Å². The molecule has 1 N–H and O–H groups in total. The number of aromatic amines is 1. The molecule has 30 heavy (non-hydrogen) atoms. The normalized spacial score (nSPS) is 14.0. The van der Waals surface area contributed by atoms with E-state index in [4.69, 9.17) is 21.1 Å². The van der Waals surface area contributed by atoms with E-state index in [9.17, 15) is 4.79 Å². The van der Waals surface area contributed by atoms with E-state index in [1.165, 1.54) is 0 Å². The molecule has 1 fully saturated rings. The van der Waals surface area contributed by atoms with Crippen LogP contribution in [0.3, 0.4) is 0 Å². The van der Waals surface area contributed by atoms with Gasteiger partial charge in [-0.05, 0) is 35.9 Å². The van der Waals surface area contributed by atoms with Crippen LogP contribution in [0.5, 0.6) is 11.5 Å². The molecule has 1 aromatic heterocycles. The minimum absolute atomic E-state index is 0.0144. The fraction of sp³-hybridized carbons (Fsp3) is 0.273. The predicted octanol–water partition coefficient (Wildman–Crippen LogP) is 3.71. The largest absolute Gasteiger partial charge is 0.493 e. The van der Waals surface area contributed by atoms with Gasteiger partial charge in [-0.15, -0.1) is 0 Å². The Hall–Kier alpha value is -3.19. The molecule has 4 rings (SSSR count). The summed E-state index contributed by atoms with van der Waals surface area (Å²) in [6.45, 7) is 2.67. The molecule has 2 heterocycles. The molecule has 1 aliphatic heterocycles. The molecule has 0 bridgehead atoms. The van der Waals surface area contributed by atoms with E-state index in [1.807, 2.05) is 35.2 Å². The maximum absolute atomic E-state index is 12.9. The quantitative estimate of drug-likeness (QED) is 0.673. The summed E-state index contributed by atoms with van der Waals surface area (Å²) in [5.41, 5.74) is 2.55. The smallest absolute Gasteiger partial charge is 0.254 e. The number of carbonyl (C=O) groups is 1. The second kappa shape index (κ2) is 8.67. The minimum atomic E-state index is -0.0144. The van der Waals surface area contributed by atoms with Gasteiger partial charge in [-0.25, -0.2) is 0 Å². The number of aromatic nitrogens is 2. The molecule has 0 atom stereocenters. The SMILES string of the molecule is COc1ccc(C(=O)N2CCN(c3cc(-c4ccc(Cl)cc4)[nH]n3)CC2)cc1OC. The van der Waals surface area contributed by atoms with Crippen LogP contribution in [-0.2, 0) is 0 Å². The molecular weight excluding hydrogens is 404 g/mol. The molecule has 0 unspecified atom stereocenters. The molecule has 0 radical (unpaired) electrons. The molecule has 7 nitrogen and oxygen atoms in total. The van der Waals surface area contributed by atoms with Crippen LogP contribution in [0, 0.1) is 0 Å². The number of carbonyl (C=O) groups excluding carboxylic acids is 1. The van der Waals surface area contributed by atoms with Gasteiger partial charge in [0, 0.05) is 42.8 Å². The highest BCUT2D eigenvalue weighted by Gasteiger charge is 2.24. The lowest BCUT2D eigenvalue weighted by Gasteiger charge is -2.34. The average molecular weight is 427 g/mol. The van der Waals surface area contributed by atoms with E-state index in [0.29, 0.717) is 48.3 Å². The Balaban J connectivity index is 1.40. The maximum Gasteiger partial charge on any atom is 0.254 e. The highest BCUT2D eigenvalue weighted by atomic mass is 35.5. The topological polar surface area (TPSA) is 70.7 Å². The van der Waals surface area contributed by atoms with E-state index in [-0.39, 0.29) is 5.91 Å². The number of piperazine rings is 1. The van der Waals surface area contributed by atoms with Crippen molar-refractivity contribution in [2.75, 3.05) is 45.3 Å². The van der Waals surface area contributed by atoms with Crippen molar-refractivity contribution in [2.24, 2.45) is 0 Å².